The highest BCUT2D eigenvalue weighted by atomic mass is 16.5. The molecule has 2 unspecified atom stereocenters. The van der Waals surface area contributed by atoms with E-state index in [9.17, 15) is 0 Å². The van der Waals surface area contributed by atoms with Gasteiger partial charge in [0.1, 0.15) is 17.5 Å². The molecule has 0 aromatic carbocycles. The van der Waals surface area contributed by atoms with Crippen LogP contribution < -0.4 is 21.8 Å². The zero-order valence-electron chi connectivity index (χ0n) is 20.6. The molecule has 2 aromatic rings. The number of hydrogen-bond donors (Lipinski definition) is 2. The maximum absolute atomic E-state index is 7.23. The van der Waals surface area contributed by atoms with Crippen LogP contribution >= 0.6 is 0 Å². The number of hydrogen-bond acceptors (Lipinski definition) is 8. The Morgan fingerprint density at radius 2 is 1.94 bits per heavy atom. The van der Waals surface area contributed by atoms with Crippen molar-refractivity contribution in [2.24, 2.45) is 28.0 Å². The summed E-state index contributed by atoms with van der Waals surface area (Å²) in [7, 11) is 0. The molecule has 2 atom stereocenters. The Morgan fingerprint density at radius 1 is 1.15 bits per heavy atom. The first-order chi connectivity index (χ1) is 16.4. The van der Waals surface area contributed by atoms with Gasteiger partial charge in [-0.1, -0.05) is 26.7 Å². The molecule has 0 amide bonds. The molecular weight excluding hydrogens is 428 g/mol. The molecule has 3 N–H and O–H groups in total. The number of morpholine rings is 1. The average molecular weight is 467 g/mol. The van der Waals surface area contributed by atoms with Crippen molar-refractivity contribution in [1.82, 2.24) is 14.9 Å². The number of nitrogens with zero attached hydrogens (tertiary/aromatic N) is 4. The Bertz CT molecular complexity index is 1180. The van der Waals surface area contributed by atoms with E-state index in [1.165, 1.54) is 24.8 Å². The summed E-state index contributed by atoms with van der Waals surface area (Å²) < 4.78 is 11.9. The quantitative estimate of drug-likeness (QED) is 0.698. The molecule has 2 saturated carbocycles. The third kappa shape index (κ3) is 3.84. The number of fused-ring (bicyclic) bond motifs is 4. The Kier molecular flexibility index (Phi) is 5.66. The average Bonchev–Trinajstić information content (AvgIpc) is 3.48. The number of furan rings is 1. The fourth-order valence-corrected chi connectivity index (χ4v) is 6.78. The number of nitrogens with one attached hydrogen (secondary N) is 1. The summed E-state index contributed by atoms with van der Waals surface area (Å²) in [5.74, 6) is 1.44. The van der Waals surface area contributed by atoms with Gasteiger partial charge in [0, 0.05) is 32.1 Å². The van der Waals surface area contributed by atoms with E-state index >= 15 is 0 Å². The molecule has 8 heteroatoms. The van der Waals surface area contributed by atoms with Crippen molar-refractivity contribution in [1.29, 1.82) is 0 Å². The number of nitrogens with two attached hydrogens (primary N) is 1. The van der Waals surface area contributed by atoms with Crippen LogP contribution in [0.3, 0.4) is 0 Å². The molecule has 0 spiro atoms. The van der Waals surface area contributed by atoms with Gasteiger partial charge in [-0.15, -0.1) is 0 Å². The van der Waals surface area contributed by atoms with Crippen molar-refractivity contribution >= 4 is 22.5 Å². The van der Waals surface area contributed by atoms with Crippen LogP contribution in [0.1, 0.15) is 58.8 Å². The van der Waals surface area contributed by atoms with Crippen molar-refractivity contribution in [3.05, 3.63) is 17.1 Å². The lowest BCUT2D eigenvalue weighted by Gasteiger charge is -2.47. The fourth-order valence-electron chi connectivity index (χ4n) is 6.78. The van der Waals surface area contributed by atoms with E-state index in [1.54, 1.807) is 6.33 Å². The van der Waals surface area contributed by atoms with Crippen LogP contribution in [0.25, 0.3) is 16.7 Å². The largest absolute Gasteiger partial charge is 0.432 e. The minimum atomic E-state index is -0.569. The standard InChI is InChI=1S/C26H38N6O2/c1-25(2)8-7-19-18(15-25)20-21-22(34-24(20)31-26(19,27)17-5-3-4-6-17)23(30-16-29-21)28-9-10-32-11-13-33-14-12-32/h16-17,19H,3-15,27H2,1-2H3,(H,28,29,30). The summed E-state index contributed by atoms with van der Waals surface area (Å²) in [6.07, 6.45) is 9.76. The number of rotatable bonds is 5. The molecule has 2 aliphatic carbocycles. The number of aromatic nitrogens is 2. The Labute approximate surface area is 201 Å². The van der Waals surface area contributed by atoms with Crippen LogP contribution in [0.4, 0.5) is 5.82 Å². The third-order valence-corrected chi connectivity index (χ3v) is 8.66. The molecule has 2 aliphatic heterocycles. The summed E-state index contributed by atoms with van der Waals surface area (Å²) in [6.45, 7) is 10.0. The summed E-state index contributed by atoms with van der Waals surface area (Å²) in [6, 6.07) is 0. The third-order valence-electron chi connectivity index (χ3n) is 8.66. The molecule has 8 nitrogen and oxygen atoms in total. The van der Waals surface area contributed by atoms with E-state index in [0.29, 0.717) is 17.1 Å². The van der Waals surface area contributed by atoms with Crippen LogP contribution in [0.15, 0.2) is 15.7 Å². The predicted octanol–water partition coefficient (Wildman–Crippen LogP) is 2.42. The van der Waals surface area contributed by atoms with Crippen LogP contribution in [0, 0.1) is 17.3 Å². The highest BCUT2D eigenvalue weighted by Gasteiger charge is 2.50. The van der Waals surface area contributed by atoms with Gasteiger partial charge in [0.05, 0.1) is 18.4 Å². The molecule has 3 fully saturated rings. The summed E-state index contributed by atoms with van der Waals surface area (Å²) >= 11 is 0. The zero-order valence-corrected chi connectivity index (χ0v) is 20.6. The van der Waals surface area contributed by atoms with Crippen LogP contribution in [-0.4, -0.2) is 59.9 Å². The van der Waals surface area contributed by atoms with Crippen LogP contribution in [0.5, 0.6) is 0 Å². The van der Waals surface area contributed by atoms with E-state index < -0.39 is 5.66 Å². The van der Waals surface area contributed by atoms with E-state index in [0.717, 1.165) is 81.6 Å². The van der Waals surface area contributed by atoms with Gasteiger partial charge in [0.25, 0.3) is 0 Å². The molecule has 1 saturated heterocycles. The maximum atomic E-state index is 7.23. The SMILES string of the molecule is CC1(C)CCC2C(=c3c(oc4c(NCCN5CCOCC5)ncnc34)=NC2(N)C2CCCC2)C1. The topological polar surface area (TPSA) is 102 Å². The molecular formula is C26H38N6O2. The van der Waals surface area contributed by atoms with Crippen LogP contribution in [-0.2, 0) is 4.74 Å². The van der Waals surface area contributed by atoms with E-state index in [4.69, 9.17) is 24.9 Å². The van der Waals surface area contributed by atoms with Gasteiger partial charge >= 0.3 is 0 Å². The van der Waals surface area contributed by atoms with E-state index in [2.05, 4.69) is 29.0 Å². The lowest BCUT2D eigenvalue weighted by atomic mass is 9.63. The normalized spacial score (nSPS) is 29.6. The second-order valence-electron chi connectivity index (χ2n) is 11.5. The molecule has 184 valence electrons. The Balaban J connectivity index is 1.41. The number of anilines is 1. The second-order valence-corrected chi connectivity index (χ2v) is 11.5. The first-order valence-electron chi connectivity index (χ1n) is 13.1. The fraction of sp³-hybridized carbons (Fsp3) is 0.731. The van der Waals surface area contributed by atoms with E-state index in [-0.39, 0.29) is 11.3 Å². The minimum Gasteiger partial charge on any atom is -0.432 e. The summed E-state index contributed by atoms with van der Waals surface area (Å²) in [5, 5.41) is 4.59. The van der Waals surface area contributed by atoms with Gasteiger partial charge in [-0.3, -0.25) is 4.90 Å². The van der Waals surface area contributed by atoms with Crippen LogP contribution in [0.2, 0.25) is 0 Å². The van der Waals surface area contributed by atoms with E-state index in [1.807, 2.05) is 0 Å². The van der Waals surface area contributed by atoms with Gasteiger partial charge < -0.3 is 20.2 Å². The maximum Gasteiger partial charge on any atom is 0.226 e. The predicted molar refractivity (Wildman–Crippen MR) is 132 cm³/mol. The van der Waals surface area contributed by atoms with Gasteiger partial charge in [-0.05, 0) is 49.0 Å². The lowest BCUT2D eigenvalue weighted by molar-refractivity contribution is 0.0398. The van der Waals surface area contributed by atoms with Crippen molar-refractivity contribution in [3.8, 4) is 0 Å². The molecule has 6 rings (SSSR count). The van der Waals surface area contributed by atoms with Crippen molar-refractivity contribution < 1.29 is 9.15 Å². The highest BCUT2D eigenvalue weighted by molar-refractivity contribution is 5.85. The molecule has 0 radical (unpaired) electrons. The molecule has 34 heavy (non-hydrogen) atoms. The summed E-state index contributed by atoms with van der Waals surface area (Å²) in [4.78, 5) is 16.8. The first-order valence-corrected chi connectivity index (χ1v) is 13.1. The second kappa shape index (κ2) is 8.57. The Morgan fingerprint density at radius 3 is 2.74 bits per heavy atom. The van der Waals surface area contributed by atoms with Crippen molar-refractivity contribution in [2.45, 2.75) is 64.5 Å². The van der Waals surface area contributed by atoms with Gasteiger partial charge in [0.2, 0.25) is 5.55 Å². The molecule has 4 heterocycles. The molecule has 0 bridgehead atoms. The van der Waals surface area contributed by atoms with Crippen molar-refractivity contribution in [2.75, 3.05) is 44.7 Å². The van der Waals surface area contributed by atoms with Gasteiger partial charge in [0.15, 0.2) is 11.4 Å². The van der Waals surface area contributed by atoms with Crippen molar-refractivity contribution in [3.63, 3.8) is 0 Å². The molecule has 4 aliphatic rings. The van der Waals surface area contributed by atoms with Gasteiger partial charge in [-0.25, -0.2) is 15.0 Å². The highest BCUT2D eigenvalue weighted by Crippen LogP contribution is 2.50. The minimum absolute atomic E-state index is 0.243. The smallest absolute Gasteiger partial charge is 0.226 e. The lowest BCUT2D eigenvalue weighted by Crippen LogP contribution is -2.58. The molecule has 2 aromatic heterocycles. The number of ether oxygens (including phenoxy) is 1. The monoisotopic (exact) mass is 466 g/mol. The Hall–Kier alpha value is -2.03. The zero-order chi connectivity index (χ0) is 23.3. The summed E-state index contributed by atoms with van der Waals surface area (Å²) in [5.41, 5.74) is 10.6. The van der Waals surface area contributed by atoms with Gasteiger partial charge in [-0.2, -0.15) is 0 Å². The first kappa shape index (κ1) is 22.4.